The number of hydrogen-bond acceptors (Lipinski definition) is 2. The van der Waals surface area contributed by atoms with Gasteiger partial charge in [0.25, 0.3) is 0 Å². The molecule has 1 unspecified atom stereocenters. The molecule has 0 fully saturated rings. The predicted octanol–water partition coefficient (Wildman–Crippen LogP) is 4.24. The van der Waals surface area contributed by atoms with E-state index in [0.29, 0.717) is 0 Å². The van der Waals surface area contributed by atoms with Crippen molar-refractivity contribution < 1.29 is 0 Å². The monoisotopic (exact) mass is 323 g/mol. The van der Waals surface area contributed by atoms with E-state index in [2.05, 4.69) is 44.5 Å². The van der Waals surface area contributed by atoms with Crippen LogP contribution in [-0.4, -0.2) is 0 Å². The Morgan fingerprint density at radius 3 is 2.69 bits per heavy atom. The molecule has 0 aliphatic carbocycles. The maximum absolute atomic E-state index is 6.01. The first-order valence-electron chi connectivity index (χ1n) is 3.85. The quantitative estimate of drug-likeness (QED) is 0.827. The highest BCUT2D eigenvalue weighted by Gasteiger charge is 2.12. The minimum Gasteiger partial charge on any atom is -0.324 e. The lowest BCUT2D eigenvalue weighted by Crippen LogP contribution is -2.09. The third-order valence-electron chi connectivity index (χ3n) is 1.65. The molecule has 1 aromatic heterocycles. The van der Waals surface area contributed by atoms with Crippen LogP contribution >= 0.6 is 43.2 Å². The van der Waals surface area contributed by atoms with E-state index in [9.17, 15) is 0 Å². The minimum absolute atomic E-state index is 0.0504. The van der Waals surface area contributed by atoms with Crippen molar-refractivity contribution >= 4 is 43.2 Å². The van der Waals surface area contributed by atoms with Crippen LogP contribution in [0.4, 0.5) is 0 Å². The molecule has 0 aliphatic rings. The maximum atomic E-state index is 6.01. The Labute approximate surface area is 99.3 Å². The SMILES string of the molecule is C=C(C)CC(N)c1cc(Br)sc1Br. The van der Waals surface area contributed by atoms with Crippen LogP contribution in [0.15, 0.2) is 25.8 Å². The summed E-state index contributed by atoms with van der Waals surface area (Å²) >= 11 is 8.56. The highest BCUT2D eigenvalue weighted by atomic mass is 79.9. The average molecular weight is 325 g/mol. The summed E-state index contributed by atoms with van der Waals surface area (Å²) in [6.45, 7) is 5.85. The van der Waals surface area contributed by atoms with Gasteiger partial charge in [0.15, 0.2) is 0 Å². The molecule has 2 N–H and O–H groups in total. The molecule has 0 bridgehead atoms. The summed E-state index contributed by atoms with van der Waals surface area (Å²) in [5.41, 5.74) is 8.27. The third-order valence-corrected chi connectivity index (χ3v) is 4.04. The molecule has 1 heterocycles. The van der Waals surface area contributed by atoms with Gasteiger partial charge in [-0.3, -0.25) is 0 Å². The molecule has 4 heteroatoms. The van der Waals surface area contributed by atoms with Crippen LogP contribution in [0.1, 0.15) is 24.9 Å². The standard InChI is InChI=1S/C9H11Br2NS/c1-5(2)3-7(12)6-4-8(10)13-9(6)11/h4,7H,1,3,12H2,2H3. The first-order valence-corrected chi connectivity index (χ1v) is 6.25. The van der Waals surface area contributed by atoms with Crippen molar-refractivity contribution in [3.8, 4) is 0 Å². The van der Waals surface area contributed by atoms with E-state index in [0.717, 1.165) is 25.1 Å². The topological polar surface area (TPSA) is 26.0 Å². The number of halogens is 2. The summed E-state index contributed by atoms with van der Waals surface area (Å²) in [5.74, 6) is 0. The van der Waals surface area contributed by atoms with Gasteiger partial charge in [-0.15, -0.1) is 17.9 Å². The molecule has 0 radical (unpaired) electrons. The molecule has 1 rings (SSSR count). The molecule has 13 heavy (non-hydrogen) atoms. The van der Waals surface area contributed by atoms with Crippen molar-refractivity contribution in [3.63, 3.8) is 0 Å². The van der Waals surface area contributed by atoms with Gasteiger partial charge in [0.05, 0.1) is 7.57 Å². The third kappa shape index (κ3) is 3.20. The molecule has 0 aliphatic heterocycles. The number of thiophene rings is 1. The van der Waals surface area contributed by atoms with E-state index >= 15 is 0 Å². The lowest BCUT2D eigenvalue weighted by Gasteiger charge is -2.09. The molecule has 0 aromatic carbocycles. The maximum Gasteiger partial charge on any atom is 0.0758 e. The highest BCUT2D eigenvalue weighted by molar-refractivity contribution is 9.12. The molecule has 0 amide bonds. The summed E-state index contributed by atoms with van der Waals surface area (Å²) < 4.78 is 2.21. The molecular formula is C9H11Br2NS. The van der Waals surface area contributed by atoms with Crippen molar-refractivity contribution in [2.75, 3.05) is 0 Å². The molecule has 0 saturated carbocycles. The Morgan fingerprint density at radius 1 is 1.69 bits per heavy atom. The molecule has 0 spiro atoms. The Bertz CT molecular complexity index is 319. The molecule has 1 aromatic rings. The predicted molar refractivity (Wildman–Crippen MR) is 66.1 cm³/mol. The van der Waals surface area contributed by atoms with Crippen LogP contribution in [0.5, 0.6) is 0 Å². The molecular weight excluding hydrogens is 314 g/mol. The van der Waals surface area contributed by atoms with Gasteiger partial charge in [0.1, 0.15) is 0 Å². The van der Waals surface area contributed by atoms with Gasteiger partial charge in [0.2, 0.25) is 0 Å². The first kappa shape index (κ1) is 11.4. The second-order valence-corrected chi connectivity index (χ2v) is 6.80. The smallest absolute Gasteiger partial charge is 0.0758 e. The van der Waals surface area contributed by atoms with Crippen molar-refractivity contribution in [1.29, 1.82) is 0 Å². The highest BCUT2D eigenvalue weighted by Crippen LogP contribution is 2.36. The Balaban J connectivity index is 2.81. The lowest BCUT2D eigenvalue weighted by atomic mass is 10.0. The van der Waals surface area contributed by atoms with Crippen molar-refractivity contribution in [3.05, 3.63) is 31.4 Å². The van der Waals surface area contributed by atoms with Crippen molar-refractivity contribution in [1.82, 2.24) is 0 Å². The van der Waals surface area contributed by atoms with Gasteiger partial charge < -0.3 is 5.73 Å². The Kier molecular flexibility index (Phi) is 4.16. The van der Waals surface area contributed by atoms with Crippen LogP contribution in [0.25, 0.3) is 0 Å². The van der Waals surface area contributed by atoms with Crippen LogP contribution in [0, 0.1) is 0 Å². The fourth-order valence-electron chi connectivity index (χ4n) is 1.09. The van der Waals surface area contributed by atoms with Crippen LogP contribution in [0.2, 0.25) is 0 Å². The Morgan fingerprint density at radius 2 is 2.31 bits per heavy atom. The average Bonchev–Trinajstić information content (AvgIpc) is 2.28. The zero-order valence-corrected chi connectivity index (χ0v) is 11.3. The van der Waals surface area contributed by atoms with Crippen molar-refractivity contribution in [2.45, 2.75) is 19.4 Å². The van der Waals surface area contributed by atoms with Gasteiger partial charge in [-0.05, 0) is 56.8 Å². The fourth-order valence-corrected chi connectivity index (χ4v) is 4.09. The first-order chi connectivity index (χ1) is 6.00. The van der Waals surface area contributed by atoms with Gasteiger partial charge in [-0.1, -0.05) is 5.57 Å². The second kappa shape index (κ2) is 4.73. The summed E-state index contributed by atoms with van der Waals surface area (Å²) in [6.07, 6.45) is 0.835. The van der Waals surface area contributed by atoms with E-state index in [1.807, 2.05) is 6.92 Å². The Hall–Kier alpha value is 0.360. The van der Waals surface area contributed by atoms with Gasteiger partial charge in [-0.2, -0.15) is 0 Å². The van der Waals surface area contributed by atoms with Gasteiger partial charge in [0, 0.05) is 6.04 Å². The summed E-state index contributed by atoms with van der Waals surface area (Å²) in [5, 5.41) is 0. The van der Waals surface area contributed by atoms with E-state index in [1.54, 1.807) is 11.3 Å². The number of rotatable bonds is 3. The molecule has 72 valence electrons. The van der Waals surface area contributed by atoms with E-state index in [4.69, 9.17) is 5.73 Å². The largest absolute Gasteiger partial charge is 0.324 e. The molecule has 0 saturated heterocycles. The second-order valence-electron chi connectivity index (χ2n) is 3.05. The van der Waals surface area contributed by atoms with Crippen molar-refractivity contribution in [2.24, 2.45) is 5.73 Å². The normalized spacial score (nSPS) is 12.9. The summed E-state index contributed by atoms with van der Waals surface area (Å²) in [4.78, 5) is 0. The zero-order valence-electron chi connectivity index (χ0n) is 7.31. The molecule has 1 atom stereocenters. The number of hydrogen-bond donors (Lipinski definition) is 1. The van der Waals surface area contributed by atoms with Crippen LogP contribution < -0.4 is 5.73 Å². The van der Waals surface area contributed by atoms with Crippen LogP contribution in [-0.2, 0) is 0 Å². The number of nitrogens with two attached hydrogens (primary N) is 1. The van der Waals surface area contributed by atoms with E-state index < -0.39 is 0 Å². The van der Waals surface area contributed by atoms with E-state index in [1.165, 1.54) is 0 Å². The molecule has 1 nitrogen and oxygen atoms in total. The zero-order chi connectivity index (χ0) is 10.0. The van der Waals surface area contributed by atoms with E-state index in [-0.39, 0.29) is 6.04 Å². The fraction of sp³-hybridized carbons (Fsp3) is 0.333. The summed E-state index contributed by atoms with van der Waals surface area (Å²) in [6, 6.07) is 2.11. The van der Waals surface area contributed by atoms with Crippen LogP contribution in [0.3, 0.4) is 0 Å². The minimum atomic E-state index is 0.0504. The van der Waals surface area contributed by atoms with Gasteiger partial charge >= 0.3 is 0 Å². The lowest BCUT2D eigenvalue weighted by molar-refractivity contribution is 0.717. The summed E-state index contributed by atoms with van der Waals surface area (Å²) in [7, 11) is 0. The van der Waals surface area contributed by atoms with Gasteiger partial charge in [-0.25, -0.2) is 0 Å².